The van der Waals surface area contributed by atoms with Crippen molar-refractivity contribution in [2.45, 2.75) is 25.5 Å². The Morgan fingerprint density at radius 1 is 1.09 bits per heavy atom. The number of methoxy groups -OCH3 is 1. The molecule has 6 nitrogen and oxygen atoms in total. The first-order valence-electron chi connectivity index (χ1n) is 10.8. The zero-order chi connectivity index (χ0) is 24.1. The number of nitrogens with zero attached hydrogens (tertiary/aromatic N) is 3. The van der Waals surface area contributed by atoms with Crippen LogP contribution in [0.4, 0.5) is 20.2 Å². The Kier molecular flexibility index (Phi) is 7.47. The number of halogens is 3. The van der Waals surface area contributed by atoms with E-state index in [1.165, 1.54) is 12.1 Å². The highest BCUT2D eigenvalue weighted by atomic mass is 35.5. The second kappa shape index (κ2) is 10.7. The van der Waals surface area contributed by atoms with Gasteiger partial charge in [0, 0.05) is 47.7 Å². The summed E-state index contributed by atoms with van der Waals surface area (Å²) in [5.74, 6) is 0.692. The van der Waals surface area contributed by atoms with E-state index in [-0.39, 0.29) is 17.7 Å². The maximum atomic E-state index is 12.9. The van der Waals surface area contributed by atoms with Gasteiger partial charge >= 0.3 is 6.61 Å². The van der Waals surface area contributed by atoms with Crippen LogP contribution in [0.15, 0.2) is 67.0 Å². The molecule has 1 aliphatic rings. The number of alkyl halides is 2. The highest BCUT2D eigenvalue weighted by Crippen LogP contribution is 2.38. The molecule has 1 fully saturated rings. The number of anilines is 2. The van der Waals surface area contributed by atoms with Crippen molar-refractivity contribution >= 4 is 28.9 Å². The highest BCUT2D eigenvalue weighted by molar-refractivity contribution is 6.30. The van der Waals surface area contributed by atoms with E-state index in [0.29, 0.717) is 42.3 Å². The van der Waals surface area contributed by atoms with Gasteiger partial charge in [0.2, 0.25) is 0 Å². The van der Waals surface area contributed by atoms with E-state index in [1.807, 2.05) is 4.90 Å². The summed E-state index contributed by atoms with van der Waals surface area (Å²) in [4.78, 5) is 21.1. The third-order valence-electron chi connectivity index (χ3n) is 5.79. The number of likely N-dealkylation sites (tertiary alicyclic amines) is 1. The molecule has 0 radical (unpaired) electrons. The van der Waals surface area contributed by atoms with Crippen LogP contribution in [-0.2, 0) is 0 Å². The molecule has 1 aliphatic heterocycles. The molecule has 0 bridgehead atoms. The van der Waals surface area contributed by atoms with Gasteiger partial charge in [-0.05, 0) is 61.4 Å². The van der Waals surface area contributed by atoms with E-state index < -0.39 is 6.61 Å². The average Bonchev–Trinajstić information content (AvgIpc) is 2.86. The molecule has 1 aromatic heterocycles. The van der Waals surface area contributed by atoms with Gasteiger partial charge < -0.3 is 19.3 Å². The van der Waals surface area contributed by atoms with Crippen molar-refractivity contribution < 1.29 is 23.0 Å². The Morgan fingerprint density at radius 2 is 1.76 bits per heavy atom. The molecule has 0 N–H and O–H groups in total. The molecule has 0 aliphatic carbocycles. The molecule has 3 aromatic rings. The van der Waals surface area contributed by atoms with Gasteiger partial charge in [-0.15, -0.1) is 0 Å². The first kappa shape index (κ1) is 23.8. The van der Waals surface area contributed by atoms with E-state index in [1.54, 1.807) is 62.0 Å². The molecule has 4 rings (SSSR count). The zero-order valence-corrected chi connectivity index (χ0v) is 19.3. The van der Waals surface area contributed by atoms with Crippen LogP contribution in [0, 0.1) is 0 Å². The van der Waals surface area contributed by atoms with Crippen LogP contribution in [0.25, 0.3) is 0 Å². The average molecular weight is 488 g/mol. The number of hydrogen-bond acceptors (Lipinski definition) is 5. The normalized spacial score (nSPS) is 14.2. The van der Waals surface area contributed by atoms with Gasteiger partial charge in [-0.2, -0.15) is 8.78 Å². The minimum absolute atomic E-state index is 0.0332. The van der Waals surface area contributed by atoms with Gasteiger partial charge in [-0.1, -0.05) is 11.6 Å². The molecule has 0 saturated carbocycles. The van der Waals surface area contributed by atoms with E-state index in [0.717, 1.165) is 11.4 Å². The van der Waals surface area contributed by atoms with Gasteiger partial charge in [-0.25, -0.2) is 0 Å². The summed E-state index contributed by atoms with van der Waals surface area (Å²) in [6.07, 6.45) is 4.76. The summed E-state index contributed by atoms with van der Waals surface area (Å²) in [6.45, 7) is -1.75. The molecule has 1 saturated heterocycles. The molecular formula is C25H24ClF2N3O3. The fourth-order valence-electron chi connectivity index (χ4n) is 4.16. The predicted molar refractivity (Wildman–Crippen MR) is 126 cm³/mol. The largest absolute Gasteiger partial charge is 0.494 e. The van der Waals surface area contributed by atoms with Crippen LogP contribution >= 0.6 is 11.6 Å². The van der Waals surface area contributed by atoms with Crippen LogP contribution in [0.5, 0.6) is 11.5 Å². The van der Waals surface area contributed by atoms with Gasteiger partial charge in [0.25, 0.3) is 5.91 Å². The molecule has 9 heteroatoms. The number of ether oxygens (including phenoxy) is 2. The van der Waals surface area contributed by atoms with E-state index >= 15 is 0 Å². The van der Waals surface area contributed by atoms with Crippen molar-refractivity contribution in [2.75, 3.05) is 25.1 Å². The maximum absolute atomic E-state index is 12.9. The van der Waals surface area contributed by atoms with E-state index in [2.05, 4.69) is 14.6 Å². The van der Waals surface area contributed by atoms with Gasteiger partial charge in [0.05, 0.1) is 13.3 Å². The third-order valence-corrected chi connectivity index (χ3v) is 6.04. The highest BCUT2D eigenvalue weighted by Gasteiger charge is 2.30. The van der Waals surface area contributed by atoms with Gasteiger partial charge in [0.1, 0.15) is 17.2 Å². The summed E-state index contributed by atoms with van der Waals surface area (Å²) in [5, 5.41) is 0.585. The number of hydrogen-bond donors (Lipinski definition) is 0. The van der Waals surface area contributed by atoms with Crippen molar-refractivity contribution in [1.29, 1.82) is 0 Å². The monoisotopic (exact) mass is 487 g/mol. The minimum Gasteiger partial charge on any atom is -0.494 e. The molecule has 0 unspecified atom stereocenters. The van der Waals surface area contributed by atoms with Crippen LogP contribution in [-0.4, -0.2) is 48.6 Å². The Labute approximate surface area is 201 Å². The van der Waals surface area contributed by atoms with Crippen LogP contribution < -0.4 is 14.4 Å². The van der Waals surface area contributed by atoms with Crippen molar-refractivity contribution in [3.8, 4) is 11.5 Å². The second-order valence-corrected chi connectivity index (χ2v) is 8.26. The number of aromatic nitrogens is 1. The predicted octanol–water partition coefficient (Wildman–Crippen LogP) is 5.79. The van der Waals surface area contributed by atoms with Crippen molar-refractivity contribution in [3.05, 3.63) is 77.6 Å². The Hall–Kier alpha value is -3.39. The van der Waals surface area contributed by atoms with Crippen LogP contribution in [0.3, 0.4) is 0 Å². The third kappa shape index (κ3) is 5.39. The fraction of sp³-hybridized carbons (Fsp3) is 0.280. The molecule has 34 heavy (non-hydrogen) atoms. The summed E-state index contributed by atoms with van der Waals surface area (Å²) >= 11 is 5.94. The smallest absolute Gasteiger partial charge is 0.387 e. The van der Waals surface area contributed by atoms with Crippen LogP contribution in [0.1, 0.15) is 23.2 Å². The number of amides is 1. The number of pyridine rings is 1. The Bertz CT molecular complexity index is 1110. The lowest BCUT2D eigenvalue weighted by Crippen LogP contribution is -2.45. The number of rotatable bonds is 7. The molecule has 2 heterocycles. The van der Waals surface area contributed by atoms with Crippen molar-refractivity contribution in [2.24, 2.45) is 0 Å². The molecule has 0 atom stereocenters. The van der Waals surface area contributed by atoms with E-state index in [4.69, 9.17) is 16.3 Å². The minimum atomic E-state index is -2.89. The van der Waals surface area contributed by atoms with Crippen LogP contribution in [0.2, 0.25) is 5.02 Å². The number of carbonyl (C=O) groups excluding carboxylic acids is 1. The Morgan fingerprint density at radius 3 is 2.38 bits per heavy atom. The summed E-state index contributed by atoms with van der Waals surface area (Å²) in [6, 6.07) is 15.2. The molecule has 0 spiro atoms. The fourth-order valence-corrected chi connectivity index (χ4v) is 4.29. The van der Waals surface area contributed by atoms with Gasteiger partial charge in [-0.3, -0.25) is 9.78 Å². The number of carbonyl (C=O) groups is 1. The van der Waals surface area contributed by atoms with Crippen molar-refractivity contribution in [3.63, 3.8) is 0 Å². The maximum Gasteiger partial charge on any atom is 0.387 e. The summed E-state index contributed by atoms with van der Waals surface area (Å²) in [5.41, 5.74) is 2.15. The summed E-state index contributed by atoms with van der Waals surface area (Å²) in [7, 11) is 1.59. The first-order chi connectivity index (χ1) is 16.5. The second-order valence-electron chi connectivity index (χ2n) is 7.82. The molecule has 178 valence electrons. The van der Waals surface area contributed by atoms with E-state index in [9.17, 15) is 13.6 Å². The quantitative estimate of drug-likeness (QED) is 0.422. The standard InChI is InChI=1S/C25H24ClF2N3O3/c1-33-23-10-13-29-16-22(23)31(19-6-8-21(9-7-19)34-25(27)28)20-11-14-30(15-12-20)24(32)17-2-4-18(26)5-3-17/h2-10,13,16,20,25H,11-12,14-15H2,1H3. The SMILES string of the molecule is COc1ccncc1N(c1ccc(OC(F)F)cc1)C1CCN(C(=O)c2ccc(Cl)cc2)CC1. The number of piperidine rings is 1. The lowest BCUT2D eigenvalue weighted by Gasteiger charge is -2.40. The first-order valence-corrected chi connectivity index (χ1v) is 11.2. The molecule has 2 aromatic carbocycles. The number of benzene rings is 2. The topological polar surface area (TPSA) is 54.9 Å². The lowest BCUT2D eigenvalue weighted by atomic mass is 10.0. The van der Waals surface area contributed by atoms with Crippen molar-refractivity contribution in [1.82, 2.24) is 9.88 Å². The molecule has 1 amide bonds. The van der Waals surface area contributed by atoms with Gasteiger partial charge in [0.15, 0.2) is 0 Å². The molecular weight excluding hydrogens is 464 g/mol. The lowest BCUT2D eigenvalue weighted by molar-refractivity contribution is -0.0498. The Balaban J connectivity index is 1.56. The summed E-state index contributed by atoms with van der Waals surface area (Å²) < 4.78 is 35.2. The zero-order valence-electron chi connectivity index (χ0n) is 18.5.